The summed E-state index contributed by atoms with van der Waals surface area (Å²) < 4.78 is 30.6. The van der Waals surface area contributed by atoms with Crippen LogP contribution in [0, 0.1) is 0 Å². The van der Waals surface area contributed by atoms with Gasteiger partial charge in [-0.1, -0.05) is 24.3 Å². The molecular weight excluding hydrogens is 342 g/mol. The molecule has 2 aliphatic rings. The molecule has 0 aliphatic carbocycles. The van der Waals surface area contributed by atoms with Crippen LogP contribution in [0.3, 0.4) is 0 Å². The van der Waals surface area contributed by atoms with Crippen LogP contribution in [0.15, 0.2) is 24.3 Å². The fourth-order valence-corrected chi connectivity index (χ4v) is 4.27. The van der Waals surface area contributed by atoms with E-state index in [0.717, 1.165) is 39.1 Å². The Morgan fingerprint density at radius 1 is 1.16 bits per heavy atom. The van der Waals surface area contributed by atoms with E-state index in [1.165, 1.54) is 11.1 Å². The molecule has 7 nitrogen and oxygen atoms in total. The molecule has 2 N–H and O–H groups in total. The Labute approximate surface area is 149 Å². The second kappa shape index (κ2) is 8.11. The van der Waals surface area contributed by atoms with Crippen LogP contribution in [0.1, 0.15) is 11.1 Å². The van der Waals surface area contributed by atoms with Gasteiger partial charge in [-0.3, -0.25) is 9.80 Å². The smallest absolute Gasteiger partial charge is 0.209 e. The molecule has 2 saturated heterocycles. The number of rotatable bonds is 6. The molecule has 0 radical (unpaired) electrons. The predicted molar refractivity (Wildman–Crippen MR) is 95.6 cm³/mol. The van der Waals surface area contributed by atoms with Gasteiger partial charge < -0.3 is 9.84 Å². The van der Waals surface area contributed by atoms with Gasteiger partial charge in [0.15, 0.2) is 0 Å². The first kappa shape index (κ1) is 18.8. The maximum absolute atomic E-state index is 11.4. The minimum atomic E-state index is -3.31. The third-order valence-electron chi connectivity index (χ3n) is 4.64. The van der Waals surface area contributed by atoms with Gasteiger partial charge in [0.2, 0.25) is 10.0 Å². The van der Waals surface area contributed by atoms with Gasteiger partial charge >= 0.3 is 0 Å². The Morgan fingerprint density at radius 2 is 1.80 bits per heavy atom. The monoisotopic (exact) mass is 369 g/mol. The number of β-amino-alcohol motifs (C(OH)–C–C–N with tert-alkyl or cyclic N) is 1. The molecule has 2 aliphatic heterocycles. The number of hydrogen-bond donors (Lipinski definition) is 2. The molecule has 2 atom stereocenters. The van der Waals surface area contributed by atoms with Crippen LogP contribution in [0.5, 0.6) is 0 Å². The Morgan fingerprint density at radius 3 is 2.44 bits per heavy atom. The van der Waals surface area contributed by atoms with Crippen molar-refractivity contribution in [1.82, 2.24) is 14.5 Å². The molecule has 2 fully saturated rings. The molecule has 0 saturated carbocycles. The first-order chi connectivity index (χ1) is 11.9. The van der Waals surface area contributed by atoms with E-state index in [0.29, 0.717) is 19.6 Å². The second-order valence-corrected chi connectivity index (χ2v) is 8.75. The van der Waals surface area contributed by atoms with E-state index >= 15 is 0 Å². The maximum Gasteiger partial charge on any atom is 0.209 e. The van der Waals surface area contributed by atoms with Crippen molar-refractivity contribution < 1.29 is 18.3 Å². The van der Waals surface area contributed by atoms with Crippen molar-refractivity contribution in [2.45, 2.75) is 25.2 Å². The Balaban J connectivity index is 1.57. The topological polar surface area (TPSA) is 82.1 Å². The summed E-state index contributed by atoms with van der Waals surface area (Å²) in [7, 11) is -3.31. The van der Waals surface area contributed by atoms with Crippen molar-refractivity contribution in [2.75, 3.05) is 45.6 Å². The van der Waals surface area contributed by atoms with Gasteiger partial charge in [-0.15, -0.1) is 0 Å². The zero-order chi connectivity index (χ0) is 17.9. The lowest BCUT2D eigenvalue weighted by Gasteiger charge is -2.26. The number of ether oxygens (including phenoxy) is 1. The number of nitrogens with one attached hydrogen (secondary N) is 1. The first-order valence-electron chi connectivity index (χ1n) is 8.65. The highest BCUT2D eigenvalue weighted by atomic mass is 32.2. The quantitative estimate of drug-likeness (QED) is 0.711. The van der Waals surface area contributed by atoms with E-state index in [4.69, 9.17) is 4.74 Å². The Kier molecular flexibility index (Phi) is 6.08. The summed E-state index contributed by atoms with van der Waals surface area (Å²) in [6.45, 7) is 6.11. The molecule has 2 heterocycles. The lowest BCUT2D eigenvalue weighted by molar-refractivity contribution is 0.0342. The lowest BCUT2D eigenvalue weighted by Crippen LogP contribution is -2.42. The highest BCUT2D eigenvalue weighted by Gasteiger charge is 2.32. The van der Waals surface area contributed by atoms with Crippen molar-refractivity contribution in [3.63, 3.8) is 0 Å². The van der Waals surface area contributed by atoms with Crippen LogP contribution in [0.25, 0.3) is 0 Å². The number of nitrogens with zero attached hydrogens (tertiary/aromatic N) is 2. The third kappa shape index (κ3) is 5.73. The first-order valence-corrected chi connectivity index (χ1v) is 10.5. The summed E-state index contributed by atoms with van der Waals surface area (Å²) in [6.07, 6.45) is 0.448. The molecule has 0 aromatic heterocycles. The number of morpholine rings is 1. The van der Waals surface area contributed by atoms with Gasteiger partial charge in [0.25, 0.3) is 0 Å². The van der Waals surface area contributed by atoms with E-state index in [-0.39, 0.29) is 0 Å². The molecular formula is C17H27N3O4S. The minimum absolute atomic E-state index is 0.438. The van der Waals surface area contributed by atoms with Crippen LogP contribution in [0.4, 0.5) is 0 Å². The van der Waals surface area contributed by atoms with Crippen LogP contribution in [0.2, 0.25) is 0 Å². The number of likely N-dealkylation sites (tertiary alicyclic amines) is 1. The lowest BCUT2D eigenvalue weighted by atomic mass is 10.1. The average Bonchev–Trinajstić information content (AvgIpc) is 2.86. The van der Waals surface area contributed by atoms with Crippen molar-refractivity contribution in [3.05, 3.63) is 35.4 Å². The largest absolute Gasteiger partial charge is 0.390 e. The van der Waals surface area contributed by atoms with Gasteiger partial charge in [0, 0.05) is 39.3 Å². The van der Waals surface area contributed by atoms with Gasteiger partial charge in [-0.25, -0.2) is 13.1 Å². The summed E-state index contributed by atoms with van der Waals surface area (Å²) >= 11 is 0. The van der Waals surface area contributed by atoms with Crippen molar-refractivity contribution in [3.8, 4) is 0 Å². The van der Waals surface area contributed by atoms with Crippen LogP contribution in [-0.4, -0.2) is 81.1 Å². The van der Waals surface area contributed by atoms with Gasteiger partial charge in [-0.2, -0.15) is 0 Å². The summed E-state index contributed by atoms with van der Waals surface area (Å²) in [4.78, 5) is 4.47. The normalized spacial score (nSPS) is 26.2. The van der Waals surface area contributed by atoms with Gasteiger partial charge in [0.1, 0.15) is 0 Å². The van der Waals surface area contributed by atoms with Gasteiger partial charge in [0.05, 0.1) is 31.6 Å². The van der Waals surface area contributed by atoms with E-state index in [9.17, 15) is 13.5 Å². The molecule has 1 aromatic carbocycles. The molecule has 140 valence electrons. The fourth-order valence-electron chi connectivity index (χ4n) is 3.49. The van der Waals surface area contributed by atoms with Crippen LogP contribution >= 0.6 is 0 Å². The zero-order valence-electron chi connectivity index (χ0n) is 14.6. The van der Waals surface area contributed by atoms with E-state index in [2.05, 4.69) is 38.8 Å². The molecule has 25 heavy (non-hydrogen) atoms. The third-order valence-corrected chi connectivity index (χ3v) is 5.37. The Bertz CT molecular complexity index is 676. The maximum atomic E-state index is 11.4. The standard InChI is InChI=1S/C17H27N3O4S/c1-25(22,23)18-16-12-20(13-17(16)21)11-15-4-2-3-14(9-15)10-19-5-7-24-8-6-19/h2-4,9,16-18,21H,5-8,10-13H2,1H3/t16-,17-/m1/s1. The molecule has 8 heteroatoms. The van der Waals surface area contributed by atoms with E-state index < -0.39 is 22.2 Å². The van der Waals surface area contributed by atoms with Gasteiger partial charge in [-0.05, 0) is 11.1 Å². The summed E-state index contributed by atoms with van der Waals surface area (Å²) in [5.74, 6) is 0. The van der Waals surface area contributed by atoms with Crippen molar-refractivity contribution in [1.29, 1.82) is 0 Å². The second-order valence-electron chi connectivity index (χ2n) is 6.97. The predicted octanol–water partition coefficient (Wildman–Crippen LogP) is -0.387. The summed E-state index contributed by atoms with van der Waals surface area (Å²) in [5, 5.41) is 10.1. The number of hydrogen-bond acceptors (Lipinski definition) is 6. The average molecular weight is 369 g/mol. The summed E-state index contributed by atoms with van der Waals surface area (Å²) in [5.41, 5.74) is 2.45. The zero-order valence-corrected chi connectivity index (χ0v) is 15.4. The molecule has 3 rings (SSSR count). The molecule has 0 bridgehead atoms. The number of sulfonamides is 1. The molecule has 1 aromatic rings. The summed E-state index contributed by atoms with van der Waals surface area (Å²) in [6, 6.07) is 8.02. The SMILES string of the molecule is CS(=O)(=O)N[C@@H]1CN(Cc2cccc(CN3CCOCC3)c2)C[C@H]1O. The highest BCUT2D eigenvalue weighted by Crippen LogP contribution is 2.17. The minimum Gasteiger partial charge on any atom is -0.390 e. The number of aliphatic hydroxyl groups is 1. The molecule has 0 unspecified atom stereocenters. The molecule has 0 spiro atoms. The molecule has 0 amide bonds. The fraction of sp³-hybridized carbons (Fsp3) is 0.647. The van der Waals surface area contributed by atoms with E-state index in [1.807, 2.05) is 0 Å². The Hall–Kier alpha value is -1.03. The van der Waals surface area contributed by atoms with E-state index in [1.54, 1.807) is 0 Å². The van der Waals surface area contributed by atoms with Crippen molar-refractivity contribution in [2.24, 2.45) is 0 Å². The van der Waals surface area contributed by atoms with Crippen LogP contribution in [-0.2, 0) is 27.8 Å². The number of benzene rings is 1. The highest BCUT2D eigenvalue weighted by molar-refractivity contribution is 7.88. The number of aliphatic hydroxyl groups excluding tert-OH is 1. The van der Waals surface area contributed by atoms with Crippen LogP contribution < -0.4 is 4.72 Å². The van der Waals surface area contributed by atoms with Crippen molar-refractivity contribution >= 4 is 10.0 Å².